The minimum atomic E-state index is -2.01. The van der Waals surface area contributed by atoms with Gasteiger partial charge < -0.3 is 38.8 Å². The molecule has 1 saturated heterocycles. The Morgan fingerprint density at radius 2 is 1.56 bits per heavy atom. The summed E-state index contributed by atoms with van der Waals surface area (Å²) in [7, 11) is 1.49. The van der Waals surface area contributed by atoms with Crippen LogP contribution in [0, 0.1) is 30.6 Å². The van der Waals surface area contributed by atoms with Crippen LogP contribution in [0.15, 0.2) is 45.4 Å². The fourth-order valence-corrected chi connectivity index (χ4v) is 8.39. The lowest BCUT2D eigenvalue weighted by atomic mass is 9.77. The van der Waals surface area contributed by atoms with Gasteiger partial charge in [-0.1, -0.05) is 45.9 Å². The number of halogens is 1. The Morgan fingerprint density at radius 3 is 2.19 bits per heavy atom. The number of ether oxygens (including phenoxy) is 6. The van der Waals surface area contributed by atoms with Gasteiger partial charge in [0.15, 0.2) is 5.79 Å². The summed E-state index contributed by atoms with van der Waals surface area (Å²) in [5.41, 5.74) is -1.03. The van der Waals surface area contributed by atoms with Crippen LogP contribution in [0.5, 0.6) is 11.5 Å². The Bertz CT molecular complexity index is 1910. The molecule has 0 saturated carbocycles. The fourth-order valence-electron chi connectivity index (χ4n) is 7.74. The first-order valence-corrected chi connectivity index (χ1v) is 18.9. The van der Waals surface area contributed by atoms with Crippen LogP contribution in [0.4, 0.5) is 0 Å². The van der Waals surface area contributed by atoms with Crippen molar-refractivity contribution in [2.75, 3.05) is 7.11 Å². The highest BCUT2D eigenvalue weighted by Crippen LogP contribution is 2.49. The normalized spacial score (nSPS) is 35.0. The molecule has 4 heterocycles. The van der Waals surface area contributed by atoms with E-state index in [1.165, 1.54) is 34.1 Å². The van der Waals surface area contributed by atoms with Crippen LogP contribution in [-0.2, 0) is 33.3 Å². The molecular formula is C40H48INO12. The van der Waals surface area contributed by atoms with Crippen LogP contribution in [0.3, 0.4) is 0 Å². The predicted octanol–water partition coefficient (Wildman–Crippen LogP) is 6.19. The maximum Gasteiger partial charge on any atom is 0.312 e. The molecule has 6 rings (SSSR count). The third-order valence-electron chi connectivity index (χ3n) is 10.7. The maximum atomic E-state index is 14.1. The first-order chi connectivity index (χ1) is 25.2. The highest BCUT2D eigenvalue weighted by Gasteiger charge is 2.53. The second-order valence-corrected chi connectivity index (χ2v) is 16.1. The highest BCUT2D eigenvalue weighted by molar-refractivity contribution is 14.1. The Kier molecular flexibility index (Phi) is 11.7. The minimum absolute atomic E-state index is 0.0356. The van der Waals surface area contributed by atoms with Gasteiger partial charge in [-0.05, 0) is 56.4 Å². The first kappa shape index (κ1) is 41.3. The summed E-state index contributed by atoms with van der Waals surface area (Å²) in [6.45, 7) is 17.2. The molecule has 54 heavy (non-hydrogen) atoms. The second-order valence-electron chi connectivity index (χ2n) is 15.1. The van der Waals surface area contributed by atoms with Crippen LogP contribution < -0.4 is 10.1 Å². The molecule has 13 nitrogen and oxygen atoms in total. The number of carbonyl (C=O) groups excluding carboxylic acids is 5. The third-order valence-corrected chi connectivity index (χ3v) is 11.7. The smallest absolute Gasteiger partial charge is 0.312 e. The zero-order valence-electron chi connectivity index (χ0n) is 32.3. The van der Waals surface area contributed by atoms with Crippen LogP contribution in [0.1, 0.15) is 99.0 Å². The van der Waals surface area contributed by atoms with E-state index in [1.54, 1.807) is 47.7 Å². The largest absolute Gasteiger partial charge is 0.507 e. The van der Waals surface area contributed by atoms with Gasteiger partial charge in [0.25, 0.3) is 11.7 Å². The van der Waals surface area contributed by atoms with E-state index in [9.17, 15) is 29.1 Å². The number of rotatable bonds is 2. The Hall–Kier alpha value is -3.86. The minimum Gasteiger partial charge on any atom is -0.507 e. The molecule has 0 unspecified atom stereocenters. The summed E-state index contributed by atoms with van der Waals surface area (Å²) < 4.78 is 36.6. The number of carbonyl (C=O) groups is 5. The number of hydrogen-bond acceptors (Lipinski definition) is 12. The molecule has 1 aromatic carbocycles. The average Bonchev–Trinajstić information content (AvgIpc) is 3.37. The van der Waals surface area contributed by atoms with Crippen LogP contribution in [0.25, 0.3) is 0 Å². The maximum absolute atomic E-state index is 14.1. The molecule has 4 aliphatic heterocycles. The van der Waals surface area contributed by atoms with Gasteiger partial charge >= 0.3 is 11.8 Å². The molecule has 292 valence electrons. The molecule has 5 aliphatic rings. The van der Waals surface area contributed by atoms with Crippen molar-refractivity contribution in [3.05, 3.63) is 67.7 Å². The Morgan fingerprint density at radius 1 is 0.907 bits per heavy atom. The van der Waals surface area contributed by atoms with Crippen LogP contribution >= 0.6 is 22.6 Å². The van der Waals surface area contributed by atoms with E-state index in [-0.39, 0.29) is 61.1 Å². The molecule has 7 bridgehead atoms. The second kappa shape index (κ2) is 15.3. The molecule has 1 fully saturated rings. The predicted molar refractivity (Wildman–Crippen MR) is 204 cm³/mol. The van der Waals surface area contributed by atoms with E-state index in [1.807, 2.05) is 47.6 Å². The lowest BCUT2D eigenvalue weighted by molar-refractivity contribution is -0.336. The van der Waals surface area contributed by atoms with Crippen LogP contribution in [-0.4, -0.2) is 77.4 Å². The van der Waals surface area contributed by atoms with E-state index in [0.717, 1.165) is 0 Å². The lowest BCUT2D eigenvalue weighted by Crippen LogP contribution is -2.56. The lowest BCUT2D eigenvalue weighted by Gasteiger charge is -2.50. The highest BCUT2D eigenvalue weighted by atomic mass is 127. The fraction of sp³-hybridized carbons (Fsp3) is 0.525. The number of fused-ring (bicyclic) bond motifs is 10. The van der Waals surface area contributed by atoms with Crippen LogP contribution in [0.2, 0.25) is 0 Å². The van der Waals surface area contributed by atoms with Gasteiger partial charge in [-0.2, -0.15) is 0 Å². The summed E-state index contributed by atoms with van der Waals surface area (Å²) in [5, 5.41) is 13.8. The van der Waals surface area contributed by atoms with Gasteiger partial charge in [-0.3, -0.25) is 24.0 Å². The molecule has 0 spiro atoms. The summed E-state index contributed by atoms with van der Waals surface area (Å²) in [6, 6.07) is 0. The van der Waals surface area contributed by atoms with Crippen molar-refractivity contribution in [3.8, 4) is 11.5 Å². The molecule has 1 aliphatic carbocycles. The molecule has 1 amide bonds. The molecule has 0 aromatic heterocycles. The zero-order chi connectivity index (χ0) is 40.2. The molecule has 1 aromatic rings. The quantitative estimate of drug-likeness (QED) is 0.256. The number of phenolic OH excluding ortho intramolecular Hbond substituents is 1. The Balaban J connectivity index is 1.64. The molecule has 0 radical (unpaired) electrons. The number of benzene rings is 1. The molecular weight excluding hydrogens is 813 g/mol. The van der Waals surface area contributed by atoms with Gasteiger partial charge in [-0.25, -0.2) is 0 Å². The van der Waals surface area contributed by atoms with E-state index in [0.29, 0.717) is 0 Å². The van der Waals surface area contributed by atoms with E-state index in [2.05, 4.69) is 5.32 Å². The van der Waals surface area contributed by atoms with Crippen molar-refractivity contribution in [1.82, 2.24) is 5.32 Å². The van der Waals surface area contributed by atoms with E-state index >= 15 is 0 Å². The monoisotopic (exact) mass is 861 g/mol. The summed E-state index contributed by atoms with van der Waals surface area (Å²) >= 11 is 1.65. The molecule has 14 heteroatoms. The third kappa shape index (κ3) is 7.41. The van der Waals surface area contributed by atoms with Crippen molar-refractivity contribution < 1.29 is 57.5 Å². The van der Waals surface area contributed by atoms with Gasteiger partial charge in [0, 0.05) is 55.8 Å². The average molecular weight is 862 g/mol. The number of methoxy groups -OCH3 is 1. The topological polar surface area (TPSA) is 173 Å². The van der Waals surface area contributed by atoms with Crippen molar-refractivity contribution in [2.24, 2.45) is 23.7 Å². The van der Waals surface area contributed by atoms with E-state index < -0.39 is 76.3 Å². The standard InChI is InChI=1S/C40H48INO12/c1-17-13-12-14-18(2)38(48)42-29-28(41)31(45)25-26(32(29)46)30(44)20(4)36-27(25)37(47)40(10,54-36)50-16-15-24(49-11)19(3)34(51-23(7)43)22(6)35-21(5)33(17)52-39(8,9)53-35/h12-17,19,21-22,24,33-35,44H,1-11H3,(H,42,48)/b13-12-,16-15-,18-14-/t17-,19+,21+,22+,24-,33-,34+,35-,40-/m0/s1. The summed E-state index contributed by atoms with van der Waals surface area (Å²) in [5.74, 6) is -8.30. The number of aromatic hydroxyl groups is 1. The van der Waals surface area contributed by atoms with Gasteiger partial charge in [0.1, 0.15) is 23.3 Å². The molecule has 2 N–H and O–H groups in total. The van der Waals surface area contributed by atoms with Crippen molar-refractivity contribution in [1.29, 1.82) is 0 Å². The number of ketones is 3. The van der Waals surface area contributed by atoms with Gasteiger partial charge in [-0.15, -0.1) is 0 Å². The number of phenols is 1. The van der Waals surface area contributed by atoms with Gasteiger partial charge in [0.05, 0.1) is 44.8 Å². The number of esters is 1. The number of allylic oxidation sites excluding steroid dienone is 4. The zero-order valence-corrected chi connectivity index (χ0v) is 34.5. The number of nitrogens with one attached hydrogen (secondary N) is 1. The number of hydrogen-bond donors (Lipinski definition) is 2. The first-order valence-electron chi connectivity index (χ1n) is 17.8. The van der Waals surface area contributed by atoms with Crippen molar-refractivity contribution >= 4 is 51.8 Å². The summed E-state index contributed by atoms with van der Waals surface area (Å²) in [4.78, 5) is 67.9. The summed E-state index contributed by atoms with van der Waals surface area (Å²) in [6.07, 6.45) is 5.85. The van der Waals surface area contributed by atoms with Crippen molar-refractivity contribution in [3.63, 3.8) is 0 Å². The Labute approximate surface area is 328 Å². The SMILES string of the molecule is CO[C@H]1/C=C\O[C@@]2(C)Oc3c(C)c(O)c4c(c3C2=O)C(=O)C(I)=C(NC(=O)/C(C)=C\C=C/[C@H](C)[C@@H]2OC(C)(C)O[C@H]([C@H](C)[C@H](OC(C)=O)[C@@H]1C)[C@@H]2C)C4=O. The van der Waals surface area contributed by atoms with E-state index in [4.69, 9.17) is 28.4 Å². The number of amides is 1. The van der Waals surface area contributed by atoms with Crippen molar-refractivity contribution in [2.45, 2.75) is 105 Å². The van der Waals surface area contributed by atoms with Gasteiger partial charge in [0.2, 0.25) is 11.6 Å². The number of Topliss-reactive ketones (excluding diaryl/α,β-unsaturated/α-hetero) is 3. The molecule has 9 atom stereocenters.